The van der Waals surface area contributed by atoms with E-state index in [9.17, 15) is 35.9 Å². The molecular formula is C30H24Cl2F6N2O5. The molecule has 0 saturated heterocycles. The average Bonchev–Trinajstić information content (AvgIpc) is 2.93. The highest BCUT2D eigenvalue weighted by Gasteiger charge is 2.34. The van der Waals surface area contributed by atoms with Gasteiger partial charge < -0.3 is 26.4 Å². The molecule has 15 heteroatoms. The number of carbonyl (C=O) groups excluding carboxylic acids is 1. The summed E-state index contributed by atoms with van der Waals surface area (Å²) in [5.41, 5.74) is 4.64. The van der Waals surface area contributed by atoms with Crippen LogP contribution in [0.1, 0.15) is 22.3 Å². The predicted octanol–water partition coefficient (Wildman–Crippen LogP) is 8.21. The van der Waals surface area contributed by atoms with Crippen molar-refractivity contribution in [2.24, 2.45) is 0 Å². The van der Waals surface area contributed by atoms with Crippen molar-refractivity contribution in [3.63, 3.8) is 0 Å². The maximum atomic E-state index is 12.7. The number of aromatic hydroxyl groups is 2. The minimum absolute atomic E-state index is 0.000278. The lowest BCUT2D eigenvalue weighted by molar-refractivity contribution is -0.138. The van der Waals surface area contributed by atoms with Gasteiger partial charge in [0.2, 0.25) is 5.91 Å². The second kappa shape index (κ2) is 15.9. The molecule has 240 valence electrons. The molecule has 0 unspecified atom stereocenters. The highest BCUT2D eigenvalue weighted by Crippen LogP contribution is 2.37. The predicted molar refractivity (Wildman–Crippen MR) is 157 cm³/mol. The fourth-order valence-corrected chi connectivity index (χ4v) is 3.82. The summed E-state index contributed by atoms with van der Waals surface area (Å²) < 4.78 is 74.5. The van der Waals surface area contributed by atoms with E-state index in [2.05, 4.69) is 5.32 Å². The third-order valence-electron chi connectivity index (χ3n) is 5.44. The van der Waals surface area contributed by atoms with Gasteiger partial charge in [0, 0.05) is 11.4 Å². The summed E-state index contributed by atoms with van der Waals surface area (Å²) in [6.45, 7) is 0. The van der Waals surface area contributed by atoms with Gasteiger partial charge in [0.05, 0.1) is 34.0 Å². The Bertz CT molecular complexity index is 1600. The smallest absolute Gasteiger partial charge is 0.417 e. The Morgan fingerprint density at radius 3 is 1.51 bits per heavy atom. The third-order valence-corrected chi connectivity index (χ3v) is 6.10. The van der Waals surface area contributed by atoms with Crippen molar-refractivity contribution in [1.29, 1.82) is 0 Å². The van der Waals surface area contributed by atoms with Crippen molar-refractivity contribution < 1.29 is 51.3 Å². The minimum atomic E-state index is -4.59. The van der Waals surface area contributed by atoms with Crippen LogP contribution in [0, 0.1) is 0 Å². The molecule has 0 aliphatic carbocycles. The van der Waals surface area contributed by atoms with Gasteiger partial charge in [-0.3, -0.25) is 9.59 Å². The van der Waals surface area contributed by atoms with Crippen molar-refractivity contribution in [2.45, 2.75) is 25.2 Å². The van der Waals surface area contributed by atoms with Gasteiger partial charge in [-0.05, 0) is 71.8 Å². The molecule has 4 aromatic carbocycles. The van der Waals surface area contributed by atoms with Gasteiger partial charge in [-0.15, -0.1) is 0 Å². The van der Waals surface area contributed by atoms with Crippen molar-refractivity contribution in [3.05, 3.63) is 117 Å². The zero-order valence-electron chi connectivity index (χ0n) is 22.8. The summed E-state index contributed by atoms with van der Waals surface area (Å²) in [7, 11) is 0. The zero-order chi connectivity index (χ0) is 33.9. The number of aliphatic carboxylic acids is 1. The van der Waals surface area contributed by atoms with E-state index in [1.54, 1.807) is 24.3 Å². The van der Waals surface area contributed by atoms with E-state index in [0.717, 1.165) is 24.3 Å². The minimum Gasteiger partial charge on any atom is -0.508 e. The number of phenolic OH excluding ortho intramolecular Hbond substituents is 2. The number of nitrogen functional groups attached to an aromatic ring is 1. The fourth-order valence-electron chi connectivity index (χ4n) is 3.37. The molecule has 0 atom stereocenters. The molecule has 0 aliphatic rings. The molecule has 0 aliphatic heterocycles. The molecule has 0 aromatic heterocycles. The van der Waals surface area contributed by atoms with Gasteiger partial charge in [0.25, 0.3) is 0 Å². The topological polar surface area (TPSA) is 133 Å². The van der Waals surface area contributed by atoms with Crippen LogP contribution in [0.5, 0.6) is 11.5 Å². The summed E-state index contributed by atoms with van der Waals surface area (Å²) in [4.78, 5) is 22.0. The number of benzene rings is 4. The largest absolute Gasteiger partial charge is 0.508 e. The van der Waals surface area contributed by atoms with Crippen molar-refractivity contribution >= 4 is 46.5 Å². The van der Waals surface area contributed by atoms with E-state index in [4.69, 9.17) is 44.3 Å². The van der Waals surface area contributed by atoms with Crippen LogP contribution >= 0.6 is 23.2 Å². The number of hydrogen-bond acceptors (Lipinski definition) is 5. The second-order valence-electron chi connectivity index (χ2n) is 9.06. The van der Waals surface area contributed by atoms with Crippen molar-refractivity contribution in [1.82, 2.24) is 0 Å². The lowest BCUT2D eigenvalue weighted by Crippen LogP contribution is -2.15. The Hall–Kier alpha value is -4.62. The molecular weight excluding hydrogens is 653 g/mol. The number of carboxylic acids is 1. The number of halogens is 8. The van der Waals surface area contributed by atoms with Gasteiger partial charge >= 0.3 is 18.3 Å². The van der Waals surface area contributed by atoms with Crippen LogP contribution < -0.4 is 11.1 Å². The van der Waals surface area contributed by atoms with Crippen LogP contribution in [0.3, 0.4) is 0 Å². The summed E-state index contributed by atoms with van der Waals surface area (Å²) in [6.07, 6.45) is -9.05. The number of amides is 1. The molecule has 6 N–H and O–H groups in total. The molecule has 0 heterocycles. The standard InChI is InChI=1S/C15H11ClF3NO2.C8H8O3.C7H5ClF3N/c16-13-6-3-10(8-12(13)15(17,18)19)20-14(22)7-9-1-4-11(21)5-2-9;9-7-3-1-6(2-4-7)5-8(10)11;8-6-2-1-4(12)3-5(6)7(9,10)11/h1-6,8,21H,7H2,(H,20,22);1-4,9H,5H2,(H,10,11);1-3H,12H2. The number of rotatable bonds is 5. The van der Waals surface area contributed by atoms with E-state index >= 15 is 0 Å². The maximum absolute atomic E-state index is 12.7. The van der Waals surface area contributed by atoms with Crippen LogP contribution in [0.4, 0.5) is 37.7 Å². The quantitative estimate of drug-likeness (QED) is 0.107. The molecule has 4 aromatic rings. The molecule has 0 radical (unpaired) electrons. The number of hydrogen-bond donors (Lipinski definition) is 5. The summed E-state index contributed by atoms with van der Waals surface area (Å²) in [5.74, 6) is -1.12. The van der Waals surface area contributed by atoms with Gasteiger partial charge in [-0.1, -0.05) is 47.5 Å². The lowest BCUT2D eigenvalue weighted by atomic mass is 10.1. The van der Waals surface area contributed by atoms with E-state index in [0.29, 0.717) is 11.1 Å². The van der Waals surface area contributed by atoms with E-state index < -0.39 is 40.4 Å². The Morgan fingerprint density at radius 1 is 0.667 bits per heavy atom. The SMILES string of the molecule is Nc1ccc(Cl)c(C(F)(F)F)c1.O=C(Cc1ccc(O)cc1)Nc1ccc(Cl)c(C(F)(F)F)c1.O=C(O)Cc1ccc(O)cc1. The highest BCUT2D eigenvalue weighted by atomic mass is 35.5. The molecule has 1 amide bonds. The molecule has 45 heavy (non-hydrogen) atoms. The number of carbonyl (C=O) groups is 2. The van der Waals surface area contributed by atoms with Crippen LogP contribution in [0.25, 0.3) is 0 Å². The van der Waals surface area contributed by atoms with Crippen LogP contribution in [0.15, 0.2) is 84.9 Å². The van der Waals surface area contributed by atoms with Crippen LogP contribution in [0.2, 0.25) is 10.0 Å². The van der Waals surface area contributed by atoms with E-state index in [1.807, 2.05) is 0 Å². The number of alkyl halides is 6. The Labute approximate surface area is 262 Å². The van der Waals surface area contributed by atoms with Gasteiger partial charge in [0.15, 0.2) is 0 Å². The molecule has 4 rings (SSSR count). The Kier molecular flexibility index (Phi) is 12.9. The molecule has 0 bridgehead atoms. The summed E-state index contributed by atoms with van der Waals surface area (Å²) in [6, 6.07) is 18.5. The zero-order valence-corrected chi connectivity index (χ0v) is 24.3. The maximum Gasteiger partial charge on any atom is 0.417 e. The normalized spacial score (nSPS) is 10.9. The molecule has 7 nitrogen and oxygen atoms in total. The summed E-state index contributed by atoms with van der Waals surface area (Å²) >= 11 is 10.8. The molecule has 0 spiro atoms. The average molecular weight is 677 g/mol. The first-order chi connectivity index (χ1) is 20.8. The number of anilines is 2. The molecule has 0 fully saturated rings. The summed E-state index contributed by atoms with van der Waals surface area (Å²) in [5, 5.41) is 28.0. The monoisotopic (exact) mass is 676 g/mol. The third kappa shape index (κ3) is 12.9. The second-order valence-corrected chi connectivity index (χ2v) is 9.87. The van der Waals surface area contributed by atoms with Crippen LogP contribution in [-0.4, -0.2) is 27.2 Å². The Balaban J connectivity index is 0.000000259. The number of nitrogens with one attached hydrogen (secondary N) is 1. The first kappa shape index (κ1) is 36.6. The fraction of sp³-hybridized carbons (Fsp3) is 0.133. The van der Waals surface area contributed by atoms with Crippen molar-refractivity contribution in [3.8, 4) is 11.5 Å². The number of carboxylic acid groups (broad SMARTS) is 1. The number of phenols is 2. The number of nitrogens with two attached hydrogens (primary N) is 1. The van der Waals surface area contributed by atoms with Crippen molar-refractivity contribution in [2.75, 3.05) is 11.1 Å². The van der Waals surface area contributed by atoms with Gasteiger partial charge in [-0.25, -0.2) is 0 Å². The van der Waals surface area contributed by atoms with E-state index in [1.165, 1.54) is 36.4 Å². The van der Waals surface area contributed by atoms with Gasteiger partial charge in [0.1, 0.15) is 11.5 Å². The first-order valence-electron chi connectivity index (χ1n) is 12.4. The highest BCUT2D eigenvalue weighted by molar-refractivity contribution is 6.31. The molecule has 0 saturated carbocycles. The Morgan fingerprint density at radius 2 is 1.09 bits per heavy atom. The lowest BCUT2D eigenvalue weighted by Gasteiger charge is -2.11. The first-order valence-corrected chi connectivity index (χ1v) is 13.2. The van der Waals surface area contributed by atoms with Crippen LogP contribution in [-0.2, 0) is 34.8 Å². The van der Waals surface area contributed by atoms with E-state index in [-0.39, 0.29) is 40.7 Å². The van der Waals surface area contributed by atoms with Gasteiger partial charge in [-0.2, -0.15) is 26.3 Å².